The molecule has 0 bridgehead atoms. The lowest BCUT2D eigenvalue weighted by molar-refractivity contribution is -0.201. The molecule has 0 aromatic carbocycles. The number of ether oxygens (including phenoxy) is 2. The maximum Gasteiger partial charge on any atom is 0.258 e. The van der Waals surface area contributed by atoms with Gasteiger partial charge in [-0.05, 0) is 62.9 Å². The highest BCUT2D eigenvalue weighted by molar-refractivity contribution is 8.01. The van der Waals surface area contributed by atoms with Crippen LogP contribution in [0.25, 0.3) is 0 Å². The standard InChI is InChI=1S/C21H34N4O2S2/c1-2-11-23(10-1)21(17-7-4-14-28-17)25(18-8-15-29-18)19(16-6-3-13-26-16)20(27-21)24-12-5-9-22-24/h16-18,22H,1-15H2. The summed E-state index contributed by atoms with van der Waals surface area (Å²) in [6.45, 7) is 5.27. The van der Waals surface area contributed by atoms with Gasteiger partial charge in [0.15, 0.2) is 0 Å². The SMILES string of the molecule is C1COC(C2=C(N3CCCN3)OC(C3CCCS3)(N3CCCC3)N2C2CCS2)C1. The van der Waals surface area contributed by atoms with Gasteiger partial charge < -0.3 is 14.4 Å². The molecule has 0 radical (unpaired) electrons. The third kappa shape index (κ3) is 3.12. The monoisotopic (exact) mass is 438 g/mol. The van der Waals surface area contributed by atoms with Crippen molar-refractivity contribution >= 4 is 23.5 Å². The Bertz CT molecular complexity index is 619. The fraction of sp³-hybridized carbons (Fsp3) is 0.905. The second-order valence-corrected chi connectivity index (χ2v) is 11.6. The molecule has 8 heteroatoms. The lowest BCUT2D eigenvalue weighted by Crippen LogP contribution is -2.67. The molecule has 6 aliphatic rings. The molecule has 6 nitrogen and oxygen atoms in total. The van der Waals surface area contributed by atoms with Crippen LogP contribution >= 0.6 is 23.5 Å². The van der Waals surface area contributed by atoms with E-state index in [1.165, 1.54) is 55.7 Å². The van der Waals surface area contributed by atoms with Crippen molar-refractivity contribution in [2.45, 2.75) is 73.9 Å². The van der Waals surface area contributed by atoms with Crippen LogP contribution in [0.5, 0.6) is 0 Å². The van der Waals surface area contributed by atoms with Crippen LogP contribution in [0.4, 0.5) is 0 Å². The summed E-state index contributed by atoms with van der Waals surface area (Å²) < 4.78 is 13.6. The van der Waals surface area contributed by atoms with Gasteiger partial charge in [0, 0.05) is 32.8 Å². The van der Waals surface area contributed by atoms with Gasteiger partial charge in [-0.15, -0.1) is 11.8 Å². The van der Waals surface area contributed by atoms with E-state index in [2.05, 4.69) is 43.8 Å². The smallest absolute Gasteiger partial charge is 0.258 e. The van der Waals surface area contributed by atoms with Gasteiger partial charge in [-0.2, -0.15) is 11.8 Å². The van der Waals surface area contributed by atoms with E-state index >= 15 is 0 Å². The summed E-state index contributed by atoms with van der Waals surface area (Å²) in [5.74, 6) is 3.30. The zero-order chi connectivity index (χ0) is 19.3. The van der Waals surface area contributed by atoms with Gasteiger partial charge in [0.2, 0.25) is 5.88 Å². The minimum Gasteiger partial charge on any atom is -0.435 e. The van der Waals surface area contributed by atoms with Crippen LogP contribution < -0.4 is 5.43 Å². The molecule has 4 unspecified atom stereocenters. The fourth-order valence-corrected chi connectivity index (χ4v) is 8.18. The van der Waals surface area contributed by atoms with Gasteiger partial charge in [0.1, 0.15) is 11.8 Å². The summed E-state index contributed by atoms with van der Waals surface area (Å²) in [4.78, 5) is 5.45. The predicted octanol–water partition coefficient (Wildman–Crippen LogP) is 2.99. The van der Waals surface area contributed by atoms with Crippen LogP contribution in [0.2, 0.25) is 0 Å². The third-order valence-electron chi connectivity index (χ3n) is 7.28. The second-order valence-electron chi connectivity index (χ2n) is 9.05. The maximum atomic E-state index is 7.28. The first kappa shape index (κ1) is 19.4. The summed E-state index contributed by atoms with van der Waals surface area (Å²) in [7, 11) is 0. The van der Waals surface area contributed by atoms with Crippen LogP contribution in [-0.2, 0) is 9.47 Å². The Kier molecular flexibility index (Phi) is 5.36. The second kappa shape index (κ2) is 8.01. The zero-order valence-electron chi connectivity index (χ0n) is 17.3. The van der Waals surface area contributed by atoms with E-state index in [1.54, 1.807) is 0 Å². The van der Waals surface area contributed by atoms with Gasteiger partial charge in [-0.3, -0.25) is 5.01 Å². The van der Waals surface area contributed by atoms with E-state index in [0.29, 0.717) is 10.6 Å². The molecule has 162 valence electrons. The molecule has 1 N–H and O–H groups in total. The van der Waals surface area contributed by atoms with E-state index in [9.17, 15) is 0 Å². The highest BCUT2D eigenvalue weighted by Crippen LogP contribution is 2.54. The molecule has 6 rings (SSSR count). The van der Waals surface area contributed by atoms with Crippen LogP contribution in [0.3, 0.4) is 0 Å². The molecular weight excluding hydrogens is 404 g/mol. The third-order valence-corrected chi connectivity index (χ3v) is 10.1. The average Bonchev–Trinajstić information content (AvgIpc) is 3.53. The van der Waals surface area contributed by atoms with Crippen molar-refractivity contribution in [2.24, 2.45) is 0 Å². The summed E-state index contributed by atoms with van der Waals surface area (Å²) >= 11 is 4.26. The van der Waals surface area contributed by atoms with Crippen molar-refractivity contribution in [3.8, 4) is 0 Å². The van der Waals surface area contributed by atoms with Gasteiger partial charge >= 0.3 is 0 Å². The Morgan fingerprint density at radius 1 is 0.931 bits per heavy atom. The normalized spacial score (nSPS) is 40.9. The number of hydrogen-bond acceptors (Lipinski definition) is 8. The van der Waals surface area contributed by atoms with Crippen molar-refractivity contribution in [3.05, 3.63) is 11.6 Å². The van der Waals surface area contributed by atoms with Crippen molar-refractivity contribution in [3.63, 3.8) is 0 Å². The van der Waals surface area contributed by atoms with E-state index in [4.69, 9.17) is 9.47 Å². The van der Waals surface area contributed by atoms with Gasteiger partial charge in [0.05, 0.1) is 10.6 Å². The number of likely N-dealkylation sites (tertiary alicyclic amines) is 1. The molecule has 0 saturated carbocycles. The highest BCUT2D eigenvalue weighted by atomic mass is 32.2. The number of rotatable bonds is 5. The van der Waals surface area contributed by atoms with Gasteiger partial charge in [0.25, 0.3) is 5.85 Å². The van der Waals surface area contributed by atoms with Gasteiger partial charge in [-0.1, -0.05) is 0 Å². The topological polar surface area (TPSA) is 40.2 Å². The average molecular weight is 439 g/mol. The molecule has 0 aromatic rings. The molecule has 0 amide bonds. The van der Waals surface area contributed by atoms with Crippen molar-refractivity contribution in [1.82, 2.24) is 20.2 Å². The largest absolute Gasteiger partial charge is 0.435 e. The molecule has 5 fully saturated rings. The lowest BCUT2D eigenvalue weighted by atomic mass is 10.1. The van der Waals surface area contributed by atoms with Crippen molar-refractivity contribution < 1.29 is 9.47 Å². The Morgan fingerprint density at radius 2 is 1.83 bits per heavy atom. The van der Waals surface area contributed by atoms with E-state index in [0.717, 1.165) is 51.5 Å². The van der Waals surface area contributed by atoms with E-state index in [-0.39, 0.29) is 12.0 Å². The van der Waals surface area contributed by atoms with Crippen LogP contribution in [0.15, 0.2) is 11.6 Å². The first-order chi connectivity index (χ1) is 14.4. The number of thioether (sulfide) groups is 2. The first-order valence-electron chi connectivity index (χ1n) is 11.7. The summed E-state index contributed by atoms with van der Waals surface area (Å²) in [6, 6.07) is 0. The van der Waals surface area contributed by atoms with E-state index < -0.39 is 0 Å². The quantitative estimate of drug-likeness (QED) is 0.703. The molecule has 6 heterocycles. The Balaban J connectivity index is 1.46. The minimum atomic E-state index is -0.323. The molecule has 0 spiro atoms. The lowest BCUT2D eigenvalue weighted by Gasteiger charge is -2.53. The summed E-state index contributed by atoms with van der Waals surface area (Å²) in [6.07, 6.45) is 10.1. The molecule has 0 aliphatic carbocycles. The summed E-state index contributed by atoms with van der Waals surface area (Å²) in [5.41, 5.74) is 4.96. The molecule has 4 atom stereocenters. The van der Waals surface area contributed by atoms with E-state index in [1.807, 2.05) is 0 Å². The van der Waals surface area contributed by atoms with Crippen molar-refractivity contribution in [2.75, 3.05) is 44.3 Å². The minimum absolute atomic E-state index is 0.185. The first-order valence-corrected chi connectivity index (χ1v) is 13.8. The zero-order valence-corrected chi connectivity index (χ0v) is 18.9. The van der Waals surface area contributed by atoms with Crippen LogP contribution in [-0.4, -0.2) is 81.7 Å². The molecule has 5 saturated heterocycles. The maximum absolute atomic E-state index is 7.28. The molecule has 29 heavy (non-hydrogen) atoms. The Hall–Kier alpha value is -0.280. The highest BCUT2D eigenvalue weighted by Gasteiger charge is 2.62. The number of nitrogens with one attached hydrogen (secondary N) is 1. The van der Waals surface area contributed by atoms with Gasteiger partial charge in [-0.25, -0.2) is 10.3 Å². The predicted molar refractivity (Wildman–Crippen MR) is 118 cm³/mol. The fourth-order valence-electron chi connectivity index (χ4n) is 5.84. The number of nitrogens with zero attached hydrogens (tertiary/aromatic N) is 3. The van der Waals surface area contributed by atoms with Crippen LogP contribution in [0, 0.1) is 0 Å². The number of hydrogen-bond donors (Lipinski definition) is 1. The van der Waals surface area contributed by atoms with Crippen molar-refractivity contribution in [1.29, 1.82) is 0 Å². The Morgan fingerprint density at radius 3 is 2.45 bits per heavy atom. The molecule has 0 aromatic heterocycles. The number of hydrazine groups is 1. The molecule has 6 aliphatic heterocycles. The molecular formula is C21H34N4O2S2. The van der Waals surface area contributed by atoms with Crippen LogP contribution in [0.1, 0.15) is 51.4 Å². The Labute approximate surface area is 183 Å². The summed E-state index contributed by atoms with van der Waals surface area (Å²) in [5, 5.41) is 3.35.